The highest BCUT2D eigenvalue weighted by atomic mass is 32.1. The van der Waals surface area contributed by atoms with Crippen molar-refractivity contribution in [2.24, 2.45) is 0 Å². The molecule has 2 heteroatoms. The monoisotopic (exact) mass is 696 g/mol. The standard InChI is InChI=1S/C50H32S2/c1-32-19-20-39(31-40(29-32)42-14-8-16-46-44-12-3-5-18-48(44)52-50(42)46)38-10-6-9-37(30-38)35-23-21-33(22-24-35)34-25-27-36(28-26-34)41-13-7-15-45-43-11-2-4-17-47(43)51-49(41)45/h2-18,20-31H,1H3. The molecule has 0 nitrogen and oxygen atoms in total. The van der Waals surface area contributed by atoms with Crippen molar-refractivity contribution >= 4 is 74.2 Å². The van der Waals surface area contributed by atoms with Gasteiger partial charge >= 0.3 is 0 Å². The Kier molecular flexibility index (Phi) is 7.48. The van der Waals surface area contributed by atoms with E-state index in [-0.39, 0.29) is 0 Å². The Morgan fingerprint density at radius 2 is 0.885 bits per heavy atom. The molecule has 0 saturated heterocycles. The highest BCUT2D eigenvalue weighted by Gasteiger charge is 2.14. The van der Waals surface area contributed by atoms with Crippen LogP contribution < -0.4 is 0 Å². The van der Waals surface area contributed by atoms with E-state index < -0.39 is 0 Å². The van der Waals surface area contributed by atoms with Crippen molar-refractivity contribution in [3.05, 3.63) is 198 Å². The van der Waals surface area contributed by atoms with Crippen LogP contribution in [-0.2, 0) is 0 Å². The van der Waals surface area contributed by atoms with Crippen molar-refractivity contribution in [2.75, 3.05) is 0 Å². The van der Waals surface area contributed by atoms with Gasteiger partial charge in [-0.2, -0.15) is 0 Å². The first kappa shape index (κ1) is 30.8. The highest BCUT2D eigenvalue weighted by Crippen LogP contribution is 2.42. The maximum Gasteiger partial charge on any atom is 0.0433 e. The summed E-state index contributed by atoms with van der Waals surface area (Å²) in [4.78, 5) is 0. The lowest BCUT2D eigenvalue weighted by atomic mass is 9.94. The third-order valence-electron chi connectivity index (χ3n) is 10.2. The molecule has 0 fully saturated rings. The summed E-state index contributed by atoms with van der Waals surface area (Å²) in [5, 5.41) is 5.31. The van der Waals surface area contributed by atoms with E-state index in [1.54, 1.807) is 0 Å². The molecule has 0 N–H and O–H groups in total. The Morgan fingerprint density at radius 3 is 1.54 bits per heavy atom. The van der Waals surface area contributed by atoms with Gasteiger partial charge in [-0.15, -0.1) is 28.4 Å². The Balaban J connectivity index is 0.942. The Hall–Kier alpha value is -6.02. The van der Waals surface area contributed by atoms with Crippen molar-refractivity contribution in [3.63, 3.8) is 0 Å². The minimum absolute atomic E-state index is 1.12. The molecule has 9 aromatic rings. The van der Waals surface area contributed by atoms with Crippen LogP contribution in [0.1, 0.15) is 18.1 Å². The van der Waals surface area contributed by atoms with Crippen LogP contribution in [-0.4, -0.2) is 0 Å². The van der Waals surface area contributed by atoms with E-state index in [9.17, 15) is 0 Å². The maximum atomic E-state index is 3.53. The summed E-state index contributed by atoms with van der Waals surface area (Å²) in [5.74, 6) is 0. The topological polar surface area (TPSA) is 0 Å². The molecule has 1 aliphatic carbocycles. The van der Waals surface area contributed by atoms with Crippen LogP contribution in [0.3, 0.4) is 0 Å². The van der Waals surface area contributed by atoms with Gasteiger partial charge in [-0.25, -0.2) is 0 Å². The summed E-state index contributed by atoms with van der Waals surface area (Å²) in [6.07, 6.45) is 6.73. The van der Waals surface area contributed by atoms with Crippen molar-refractivity contribution in [1.29, 1.82) is 0 Å². The fourth-order valence-corrected chi connectivity index (χ4v) is 10.0. The van der Waals surface area contributed by atoms with Gasteiger partial charge < -0.3 is 0 Å². The van der Waals surface area contributed by atoms with Gasteiger partial charge in [0.25, 0.3) is 0 Å². The lowest BCUT2D eigenvalue weighted by molar-refractivity contribution is 1.55. The van der Waals surface area contributed by atoms with Gasteiger partial charge in [0.2, 0.25) is 0 Å². The van der Waals surface area contributed by atoms with Gasteiger partial charge in [-0.3, -0.25) is 0 Å². The number of rotatable bonds is 5. The molecule has 1 aliphatic rings. The molecule has 0 saturated carbocycles. The van der Waals surface area contributed by atoms with Crippen molar-refractivity contribution in [2.45, 2.75) is 6.92 Å². The first-order valence-electron chi connectivity index (χ1n) is 17.7. The van der Waals surface area contributed by atoms with Crippen molar-refractivity contribution in [3.8, 4) is 33.4 Å². The largest absolute Gasteiger partial charge is 0.135 e. The molecule has 0 aliphatic heterocycles. The van der Waals surface area contributed by atoms with Crippen LogP contribution >= 0.6 is 22.7 Å². The Bertz CT molecular complexity index is 2970. The van der Waals surface area contributed by atoms with E-state index in [4.69, 9.17) is 0 Å². The Morgan fingerprint density at radius 1 is 0.385 bits per heavy atom. The smallest absolute Gasteiger partial charge is 0.0433 e. The quantitative estimate of drug-likeness (QED) is 0.157. The molecular weight excluding hydrogens is 665 g/mol. The molecule has 2 heterocycles. The fraction of sp³-hybridized carbons (Fsp3) is 0.0200. The summed E-state index contributed by atoms with van der Waals surface area (Å²) < 4.78 is 5.34. The predicted octanol–water partition coefficient (Wildman–Crippen LogP) is 15.0. The van der Waals surface area contributed by atoms with Crippen LogP contribution in [0.2, 0.25) is 0 Å². The number of fused-ring (bicyclic) bond motifs is 6. The van der Waals surface area contributed by atoms with E-state index in [1.165, 1.54) is 90.4 Å². The van der Waals surface area contributed by atoms with Crippen LogP contribution in [0, 0.1) is 0 Å². The van der Waals surface area contributed by atoms with E-state index in [2.05, 4.69) is 189 Å². The number of hydrogen-bond acceptors (Lipinski definition) is 2. The minimum Gasteiger partial charge on any atom is -0.135 e. The van der Waals surface area contributed by atoms with Crippen LogP contribution in [0.15, 0.2) is 187 Å². The molecule has 0 unspecified atom stereocenters. The number of hydrogen-bond donors (Lipinski definition) is 0. The van der Waals surface area contributed by atoms with Crippen molar-refractivity contribution < 1.29 is 0 Å². The van der Waals surface area contributed by atoms with Crippen molar-refractivity contribution in [1.82, 2.24) is 0 Å². The Labute approximate surface area is 311 Å². The van der Waals surface area contributed by atoms with Gasteiger partial charge in [0.15, 0.2) is 0 Å². The van der Waals surface area contributed by atoms with Gasteiger partial charge in [0, 0.05) is 40.3 Å². The van der Waals surface area contributed by atoms with Gasteiger partial charge in [-0.05, 0) is 105 Å². The molecule has 0 bridgehead atoms. The highest BCUT2D eigenvalue weighted by molar-refractivity contribution is 7.26. The molecule has 7 aromatic carbocycles. The zero-order valence-electron chi connectivity index (χ0n) is 28.6. The van der Waals surface area contributed by atoms with E-state index >= 15 is 0 Å². The summed E-state index contributed by atoms with van der Waals surface area (Å²) in [6, 6.07) is 57.7. The first-order valence-corrected chi connectivity index (χ1v) is 19.3. The summed E-state index contributed by atoms with van der Waals surface area (Å²) in [5.41, 5.74) is 16.9. The molecule has 0 spiro atoms. The average molecular weight is 697 g/mol. The second-order valence-electron chi connectivity index (χ2n) is 13.5. The number of allylic oxidation sites excluding steroid dienone is 5. The predicted molar refractivity (Wildman–Crippen MR) is 228 cm³/mol. The van der Waals surface area contributed by atoms with E-state index in [1.807, 2.05) is 22.7 Å². The van der Waals surface area contributed by atoms with Crippen LogP contribution in [0.5, 0.6) is 0 Å². The number of thiophene rings is 2. The second-order valence-corrected chi connectivity index (χ2v) is 15.6. The molecule has 0 atom stereocenters. The SMILES string of the molecule is CC1=C=CC(c2cccc(-c3ccc(-c4ccc(-c5cccc6c5sc5ccccc56)cc4)cc3)c2)=CC(c2cccc3c2sc2ccccc23)=C1. The summed E-state index contributed by atoms with van der Waals surface area (Å²) in [6.45, 7) is 2.13. The van der Waals surface area contributed by atoms with E-state index in [0.717, 1.165) is 11.1 Å². The van der Waals surface area contributed by atoms with Crippen LogP contribution in [0.25, 0.3) is 84.9 Å². The maximum absolute atomic E-state index is 3.53. The molecule has 0 amide bonds. The normalized spacial score (nSPS) is 13.1. The van der Waals surface area contributed by atoms with Gasteiger partial charge in [0.1, 0.15) is 0 Å². The van der Waals surface area contributed by atoms with Gasteiger partial charge in [0.05, 0.1) is 0 Å². The lowest BCUT2D eigenvalue weighted by Gasteiger charge is -2.10. The van der Waals surface area contributed by atoms with Gasteiger partial charge in [-0.1, -0.05) is 140 Å². The molecule has 0 radical (unpaired) electrons. The zero-order valence-corrected chi connectivity index (χ0v) is 30.2. The third kappa shape index (κ3) is 5.37. The average Bonchev–Trinajstić information content (AvgIpc) is 3.71. The third-order valence-corrected chi connectivity index (χ3v) is 12.6. The first-order chi connectivity index (χ1) is 25.7. The van der Waals surface area contributed by atoms with Crippen LogP contribution in [0.4, 0.5) is 0 Å². The molecule has 52 heavy (non-hydrogen) atoms. The lowest BCUT2D eigenvalue weighted by Crippen LogP contribution is -1.87. The number of benzene rings is 7. The summed E-state index contributed by atoms with van der Waals surface area (Å²) in [7, 11) is 0. The molecule has 244 valence electrons. The molecule has 2 aromatic heterocycles. The zero-order chi connectivity index (χ0) is 34.6. The second kappa shape index (κ2) is 12.6. The fourth-order valence-electron chi connectivity index (χ4n) is 7.56. The summed E-state index contributed by atoms with van der Waals surface area (Å²) >= 11 is 3.76. The molecule has 10 rings (SSSR count). The van der Waals surface area contributed by atoms with E-state index in [0.29, 0.717) is 0 Å². The molecular formula is C50H32S2. The minimum atomic E-state index is 1.12.